The molecule has 4 N–H and O–H groups in total. The normalized spacial score (nSPS) is 21.0. The van der Waals surface area contributed by atoms with Gasteiger partial charge in [0, 0.05) is 12.5 Å². The first-order chi connectivity index (χ1) is 27.5. The Bertz CT molecular complexity index is 1250. The van der Waals surface area contributed by atoms with Gasteiger partial charge in [-0.2, -0.15) is 8.42 Å². The van der Waals surface area contributed by atoms with Gasteiger partial charge in [0.25, 0.3) is 10.1 Å². The molecule has 1 heterocycles. The Morgan fingerprint density at radius 3 is 1.79 bits per heavy atom. The van der Waals surface area contributed by atoms with Crippen molar-refractivity contribution in [3.63, 3.8) is 0 Å². The van der Waals surface area contributed by atoms with E-state index in [9.17, 15) is 37.9 Å². The Labute approximate surface area is 343 Å². The average Bonchev–Trinajstić information content (AvgIpc) is 3.17. The quantitative estimate of drug-likeness (QED) is 0.0120. The summed E-state index contributed by atoms with van der Waals surface area (Å²) in [6, 6.07) is 0. The third kappa shape index (κ3) is 29.5. The van der Waals surface area contributed by atoms with Crippen LogP contribution in [0, 0.1) is 0 Å². The fourth-order valence-corrected chi connectivity index (χ4v) is 7.00. The van der Waals surface area contributed by atoms with Crippen LogP contribution in [-0.4, -0.2) is 96.0 Å². The molecule has 0 aromatic heterocycles. The number of aliphatic hydroxyl groups is 3. The molecule has 0 amide bonds. The number of unbranched alkanes of at least 4 members (excludes halogenated alkanes) is 18. The second-order valence-electron chi connectivity index (χ2n) is 15.1. The summed E-state index contributed by atoms with van der Waals surface area (Å²) in [6.07, 6.45) is 30.8. The average molecular weight is 829 g/mol. The molecule has 12 nitrogen and oxygen atoms in total. The molecule has 1 saturated heterocycles. The van der Waals surface area contributed by atoms with Crippen LogP contribution in [0.4, 0.5) is 0 Å². The van der Waals surface area contributed by atoms with Crippen molar-refractivity contribution in [2.45, 2.75) is 198 Å². The first kappa shape index (κ1) is 52.6. The SMILES string of the molecule is CCCC/C=C/C/C=C/CCCCCCCC(=O)OC[C@H](CO[C@H]1O[C@H](CS(=O)(=O)O)[C@@H](O)C(O)C1O)OC(=O)/C=C/C=C/CCCCCCCCCCCCC. The van der Waals surface area contributed by atoms with Crippen molar-refractivity contribution in [2.24, 2.45) is 0 Å². The van der Waals surface area contributed by atoms with E-state index in [1.807, 2.05) is 6.08 Å². The molecule has 1 fully saturated rings. The van der Waals surface area contributed by atoms with Crippen molar-refractivity contribution in [2.75, 3.05) is 19.0 Å². The highest BCUT2D eigenvalue weighted by Gasteiger charge is 2.46. The second kappa shape index (κ2) is 34.5. The first-order valence-electron chi connectivity index (χ1n) is 21.7. The smallest absolute Gasteiger partial charge is 0.331 e. The lowest BCUT2D eigenvalue weighted by atomic mass is 10.00. The number of esters is 2. The Kier molecular flexibility index (Phi) is 31.8. The third-order valence-corrected chi connectivity index (χ3v) is 10.5. The van der Waals surface area contributed by atoms with Gasteiger partial charge >= 0.3 is 11.9 Å². The van der Waals surface area contributed by atoms with Crippen LogP contribution in [0.25, 0.3) is 0 Å². The molecule has 13 heteroatoms. The number of ether oxygens (including phenoxy) is 4. The van der Waals surface area contributed by atoms with Gasteiger partial charge in [0.1, 0.15) is 36.8 Å². The van der Waals surface area contributed by atoms with Crippen LogP contribution < -0.4 is 0 Å². The summed E-state index contributed by atoms with van der Waals surface area (Å²) in [7, 11) is -4.61. The van der Waals surface area contributed by atoms with Crippen molar-refractivity contribution < 1.29 is 56.8 Å². The molecule has 57 heavy (non-hydrogen) atoms. The third-order valence-electron chi connectivity index (χ3n) is 9.74. The van der Waals surface area contributed by atoms with E-state index in [0.29, 0.717) is 6.42 Å². The standard InChI is InChI=1S/C44H76O12S/c1-3-5-7-9-11-13-15-17-19-21-23-25-27-29-31-33-40(46)55-37(35-54-44-43(49)42(48)41(47)38(56-44)36-57(50,51)52)34-53-39(45)32-30-28-26-24-22-20-18-16-14-12-10-8-6-4-2/h10,12,16,18,27,29,31,33,37-38,41-44,47-49H,3-9,11,13-15,17,19-26,28,30,32,34-36H2,1-2H3,(H,50,51,52)/b12-10+,18-16+,29-27+,33-31+/t37-,38-,41-,42?,43?,44+/m1/s1. The van der Waals surface area contributed by atoms with Crippen LogP contribution in [0.1, 0.15) is 162 Å². The molecule has 2 unspecified atom stereocenters. The Balaban J connectivity index is 2.54. The van der Waals surface area contributed by atoms with E-state index in [1.54, 1.807) is 12.2 Å². The largest absolute Gasteiger partial charge is 0.462 e. The minimum atomic E-state index is -4.61. The summed E-state index contributed by atoms with van der Waals surface area (Å²) in [5.74, 6) is -2.27. The number of rotatable bonds is 35. The second-order valence-corrected chi connectivity index (χ2v) is 16.6. The minimum Gasteiger partial charge on any atom is -0.462 e. The maximum Gasteiger partial charge on any atom is 0.331 e. The van der Waals surface area contributed by atoms with E-state index in [1.165, 1.54) is 76.7 Å². The summed E-state index contributed by atoms with van der Waals surface area (Å²) >= 11 is 0. The lowest BCUT2D eigenvalue weighted by molar-refractivity contribution is -0.297. The first-order valence-corrected chi connectivity index (χ1v) is 23.3. The minimum absolute atomic E-state index is 0.182. The van der Waals surface area contributed by atoms with Gasteiger partial charge in [0.2, 0.25) is 0 Å². The highest BCUT2D eigenvalue weighted by atomic mass is 32.2. The van der Waals surface area contributed by atoms with E-state index in [0.717, 1.165) is 64.2 Å². The van der Waals surface area contributed by atoms with Crippen LogP contribution in [0.3, 0.4) is 0 Å². The van der Waals surface area contributed by atoms with Crippen molar-refractivity contribution in [3.05, 3.63) is 48.6 Å². The fourth-order valence-electron chi connectivity index (χ4n) is 6.31. The number of allylic oxidation sites excluding steroid dienone is 7. The van der Waals surface area contributed by atoms with Crippen molar-refractivity contribution in [1.29, 1.82) is 0 Å². The molecule has 0 saturated carbocycles. The van der Waals surface area contributed by atoms with Crippen LogP contribution >= 0.6 is 0 Å². The topological polar surface area (TPSA) is 186 Å². The molecule has 1 aliphatic rings. The van der Waals surface area contributed by atoms with Gasteiger partial charge < -0.3 is 34.3 Å². The summed E-state index contributed by atoms with van der Waals surface area (Å²) in [4.78, 5) is 25.2. The molecule has 330 valence electrons. The Hall–Kier alpha value is -2.39. The van der Waals surface area contributed by atoms with Crippen molar-refractivity contribution in [3.8, 4) is 0 Å². The number of hydrogen-bond donors (Lipinski definition) is 4. The molecule has 0 aromatic carbocycles. The predicted octanol–water partition coefficient (Wildman–Crippen LogP) is 8.39. The monoisotopic (exact) mass is 829 g/mol. The van der Waals surface area contributed by atoms with E-state index in [-0.39, 0.29) is 13.0 Å². The molecular weight excluding hydrogens is 753 g/mol. The zero-order chi connectivity index (χ0) is 42.0. The van der Waals surface area contributed by atoms with Crippen LogP contribution in [0.5, 0.6) is 0 Å². The summed E-state index contributed by atoms with van der Waals surface area (Å²) in [5.41, 5.74) is 0. The van der Waals surface area contributed by atoms with E-state index < -0.39 is 71.2 Å². The van der Waals surface area contributed by atoms with Gasteiger partial charge in [-0.25, -0.2) is 4.79 Å². The highest BCUT2D eigenvalue weighted by Crippen LogP contribution is 2.24. The predicted molar refractivity (Wildman–Crippen MR) is 224 cm³/mol. The summed E-state index contributed by atoms with van der Waals surface area (Å²) in [5, 5.41) is 30.8. The summed E-state index contributed by atoms with van der Waals surface area (Å²) in [6.45, 7) is 3.59. The van der Waals surface area contributed by atoms with Crippen molar-refractivity contribution in [1.82, 2.24) is 0 Å². The zero-order valence-corrected chi connectivity index (χ0v) is 35.7. The number of carbonyl (C=O) groups excluding carboxylic acids is 2. The van der Waals surface area contributed by atoms with Gasteiger partial charge in [0.15, 0.2) is 12.4 Å². The molecule has 1 aliphatic heterocycles. The molecule has 6 atom stereocenters. The fraction of sp³-hybridized carbons (Fsp3) is 0.773. The van der Waals surface area contributed by atoms with E-state index in [2.05, 4.69) is 38.2 Å². The van der Waals surface area contributed by atoms with E-state index >= 15 is 0 Å². The Morgan fingerprint density at radius 1 is 0.649 bits per heavy atom. The number of aliphatic hydroxyl groups excluding tert-OH is 3. The maximum absolute atomic E-state index is 12.7. The van der Waals surface area contributed by atoms with Gasteiger partial charge in [0.05, 0.1) is 6.61 Å². The van der Waals surface area contributed by atoms with Gasteiger partial charge in [-0.05, 0) is 44.9 Å². The molecule has 0 spiro atoms. The van der Waals surface area contributed by atoms with Gasteiger partial charge in [-0.15, -0.1) is 0 Å². The number of hydrogen-bond acceptors (Lipinski definition) is 11. The van der Waals surface area contributed by atoms with Gasteiger partial charge in [-0.1, -0.05) is 153 Å². The van der Waals surface area contributed by atoms with Crippen LogP contribution in [0.2, 0.25) is 0 Å². The lowest BCUT2D eigenvalue weighted by Gasteiger charge is -2.40. The Morgan fingerprint density at radius 2 is 1.19 bits per heavy atom. The highest BCUT2D eigenvalue weighted by molar-refractivity contribution is 7.85. The van der Waals surface area contributed by atoms with Crippen LogP contribution in [-0.2, 0) is 38.7 Å². The van der Waals surface area contributed by atoms with E-state index in [4.69, 9.17) is 18.9 Å². The van der Waals surface area contributed by atoms with Crippen molar-refractivity contribution >= 4 is 22.1 Å². The maximum atomic E-state index is 12.7. The molecule has 0 bridgehead atoms. The molecule has 0 aromatic rings. The molecule has 0 aliphatic carbocycles. The molecular formula is C44H76O12S. The molecule has 0 radical (unpaired) electrons. The zero-order valence-electron chi connectivity index (χ0n) is 34.9. The lowest BCUT2D eigenvalue weighted by Crippen LogP contribution is -2.60. The van der Waals surface area contributed by atoms with Gasteiger partial charge in [-0.3, -0.25) is 9.35 Å². The number of carbonyl (C=O) groups is 2. The molecule has 1 rings (SSSR count). The summed E-state index contributed by atoms with van der Waals surface area (Å²) < 4.78 is 53.8. The van der Waals surface area contributed by atoms with Crippen LogP contribution in [0.15, 0.2) is 48.6 Å².